The highest BCUT2D eigenvalue weighted by Crippen LogP contribution is 2.64. The van der Waals surface area contributed by atoms with E-state index >= 15 is 0 Å². The van der Waals surface area contributed by atoms with Crippen LogP contribution >= 0.6 is 11.3 Å². The summed E-state index contributed by atoms with van der Waals surface area (Å²) in [6.07, 6.45) is 0. The van der Waals surface area contributed by atoms with Gasteiger partial charge < -0.3 is 4.74 Å². The van der Waals surface area contributed by atoms with E-state index in [1.54, 1.807) is 11.3 Å². The molecule has 12 aromatic rings. The van der Waals surface area contributed by atoms with Crippen molar-refractivity contribution < 1.29 is 4.74 Å². The smallest absolute Gasteiger partial charge is 0.164 e. The van der Waals surface area contributed by atoms with E-state index in [-0.39, 0.29) is 0 Å². The topological polar surface area (TPSA) is 73.7 Å². The average Bonchev–Trinajstić information content (AvgIpc) is 3.95. The van der Waals surface area contributed by atoms with Crippen LogP contribution in [0.1, 0.15) is 22.3 Å². The van der Waals surface area contributed by atoms with Gasteiger partial charge in [-0.2, -0.15) is 0 Å². The number of hydrogen-bond donors (Lipinski definition) is 0. The van der Waals surface area contributed by atoms with E-state index in [2.05, 4.69) is 158 Å². The van der Waals surface area contributed by atoms with Gasteiger partial charge in [-0.05, 0) is 63.7 Å². The molecule has 0 amide bonds. The molecule has 0 N–H and O–H groups in total. The van der Waals surface area contributed by atoms with Gasteiger partial charge in [0.05, 0.1) is 21.3 Å². The number of hydrogen-bond acceptors (Lipinski definition) is 7. The SMILES string of the molecule is c1ccc(-c2nc(-c3ccccc3)nc(-c3ccc4c(c3)-c3cccc(-c5cccc(-c6nc(-c7ccccc7)c7sc8ccccc8c7n6)c5)c3C43c4ccccc4Oc4ccccc43)n2)cc1. The normalized spacial score (nSPS) is 12.9. The predicted molar refractivity (Wildman–Crippen MR) is 278 cm³/mol. The number of ether oxygens (including phenoxy) is 1. The van der Waals surface area contributed by atoms with Crippen molar-refractivity contribution in [2.24, 2.45) is 0 Å². The molecule has 0 atom stereocenters. The molecule has 0 fully saturated rings. The highest BCUT2D eigenvalue weighted by molar-refractivity contribution is 7.26. The van der Waals surface area contributed by atoms with Gasteiger partial charge >= 0.3 is 0 Å². The monoisotopic (exact) mass is 899 g/mol. The molecule has 7 heteroatoms. The Bertz CT molecular complexity index is 3900. The first-order chi connectivity index (χ1) is 34.2. The summed E-state index contributed by atoms with van der Waals surface area (Å²) in [4.78, 5) is 26.1. The van der Waals surface area contributed by atoms with E-state index in [1.807, 2.05) is 66.7 Å². The molecule has 4 heterocycles. The molecule has 0 unspecified atom stereocenters. The van der Waals surface area contributed by atoms with Crippen molar-refractivity contribution >= 4 is 31.6 Å². The lowest BCUT2D eigenvalue weighted by Crippen LogP contribution is -2.32. The molecular formula is C62H37N5OS. The first-order valence-electron chi connectivity index (χ1n) is 23.1. The van der Waals surface area contributed by atoms with Gasteiger partial charge in [-0.15, -0.1) is 11.3 Å². The van der Waals surface area contributed by atoms with Crippen LogP contribution in [-0.4, -0.2) is 24.9 Å². The standard InChI is InChI=1S/C62H37N5OS/c1-4-18-38(19-5-1)55-57-56(46-26-10-15-33-53(46)69-57)64-60(63-55)42-25-16-24-41(36-42)44-27-17-28-45-47-37-43(61-66-58(39-20-6-2-7-21-39)65-59(67-61)40-22-8-3-9-23-40)34-35-48(47)62(54(44)45)49-29-11-13-31-51(49)68-52-32-14-12-30-50(52)62/h1-37H. The molecule has 1 spiro atoms. The van der Waals surface area contributed by atoms with E-state index in [0.717, 1.165) is 94.0 Å². The van der Waals surface area contributed by atoms with Crippen molar-refractivity contribution in [1.29, 1.82) is 0 Å². The van der Waals surface area contributed by atoms with E-state index in [4.69, 9.17) is 29.7 Å². The summed E-state index contributed by atoms with van der Waals surface area (Å²) in [5.74, 6) is 4.20. The molecule has 322 valence electrons. The van der Waals surface area contributed by atoms with Gasteiger partial charge in [0, 0.05) is 49.0 Å². The number of fused-ring (bicyclic) bond motifs is 12. The van der Waals surface area contributed by atoms with Gasteiger partial charge in [-0.3, -0.25) is 0 Å². The summed E-state index contributed by atoms with van der Waals surface area (Å²) >= 11 is 1.75. The zero-order valence-corrected chi connectivity index (χ0v) is 37.7. The Morgan fingerprint density at radius 2 is 0.870 bits per heavy atom. The minimum atomic E-state index is -0.740. The molecule has 3 aromatic heterocycles. The zero-order chi connectivity index (χ0) is 45.5. The van der Waals surface area contributed by atoms with Crippen LogP contribution < -0.4 is 4.74 Å². The Balaban J connectivity index is 1.00. The van der Waals surface area contributed by atoms with Crippen molar-refractivity contribution in [3.8, 4) is 90.6 Å². The molecule has 2 aliphatic rings. The molecule has 1 aliphatic heterocycles. The second kappa shape index (κ2) is 15.6. The third-order valence-corrected chi connectivity index (χ3v) is 14.8. The lowest BCUT2D eigenvalue weighted by molar-refractivity contribution is 0.436. The molecule has 0 bridgehead atoms. The number of thiophene rings is 1. The minimum Gasteiger partial charge on any atom is -0.457 e. The second-order valence-corrected chi connectivity index (χ2v) is 18.5. The lowest BCUT2D eigenvalue weighted by Gasteiger charge is -2.40. The maximum absolute atomic E-state index is 6.78. The van der Waals surface area contributed by atoms with Crippen molar-refractivity contribution in [2.75, 3.05) is 0 Å². The summed E-state index contributed by atoms with van der Waals surface area (Å²) in [6, 6.07) is 78.5. The fourth-order valence-corrected chi connectivity index (χ4v) is 11.8. The van der Waals surface area contributed by atoms with Crippen LogP contribution in [0.2, 0.25) is 0 Å². The maximum atomic E-state index is 6.78. The lowest BCUT2D eigenvalue weighted by atomic mass is 9.64. The Labute approximate surface area is 402 Å². The number of benzene rings is 9. The van der Waals surface area contributed by atoms with Crippen LogP contribution in [0.5, 0.6) is 11.5 Å². The van der Waals surface area contributed by atoms with Gasteiger partial charge in [0.15, 0.2) is 23.3 Å². The van der Waals surface area contributed by atoms with Crippen molar-refractivity contribution in [1.82, 2.24) is 24.9 Å². The first kappa shape index (κ1) is 39.3. The quantitative estimate of drug-likeness (QED) is 0.166. The van der Waals surface area contributed by atoms with Crippen molar-refractivity contribution in [2.45, 2.75) is 5.41 Å². The molecular weight excluding hydrogens is 863 g/mol. The summed E-state index contributed by atoms with van der Waals surface area (Å²) < 4.78 is 9.06. The Hall–Kier alpha value is -8.91. The van der Waals surface area contributed by atoms with Crippen LogP contribution in [0, 0.1) is 0 Å². The minimum absolute atomic E-state index is 0.606. The van der Waals surface area contributed by atoms with Crippen LogP contribution in [0.3, 0.4) is 0 Å². The summed E-state index contributed by atoms with van der Waals surface area (Å²) in [5, 5.41) is 1.14. The van der Waals surface area contributed by atoms with Gasteiger partial charge in [-0.1, -0.05) is 194 Å². The first-order valence-corrected chi connectivity index (χ1v) is 23.9. The Kier molecular flexibility index (Phi) is 8.87. The summed E-state index contributed by atoms with van der Waals surface area (Å²) in [6.45, 7) is 0. The van der Waals surface area contributed by atoms with Crippen molar-refractivity contribution in [3.05, 3.63) is 247 Å². The van der Waals surface area contributed by atoms with E-state index < -0.39 is 5.41 Å². The van der Waals surface area contributed by atoms with E-state index in [1.165, 1.54) is 15.8 Å². The molecule has 69 heavy (non-hydrogen) atoms. The average molecular weight is 900 g/mol. The second-order valence-electron chi connectivity index (χ2n) is 17.5. The number of para-hydroxylation sites is 2. The van der Waals surface area contributed by atoms with Crippen LogP contribution in [0.15, 0.2) is 224 Å². The summed E-state index contributed by atoms with van der Waals surface area (Å²) in [5.41, 5.74) is 14.9. The van der Waals surface area contributed by atoms with Crippen LogP contribution in [-0.2, 0) is 5.41 Å². The predicted octanol–water partition coefficient (Wildman–Crippen LogP) is 15.5. The number of nitrogens with zero attached hydrogens (tertiary/aromatic N) is 5. The third kappa shape index (κ3) is 6.14. The fourth-order valence-electron chi connectivity index (χ4n) is 10.6. The van der Waals surface area contributed by atoms with Gasteiger partial charge in [0.1, 0.15) is 11.5 Å². The molecule has 0 saturated heterocycles. The molecule has 0 radical (unpaired) electrons. The molecule has 9 aromatic carbocycles. The van der Waals surface area contributed by atoms with Crippen molar-refractivity contribution in [3.63, 3.8) is 0 Å². The van der Waals surface area contributed by atoms with E-state index in [0.29, 0.717) is 23.3 Å². The summed E-state index contributed by atoms with van der Waals surface area (Å²) in [7, 11) is 0. The fraction of sp³-hybridized carbons (Fsp3) is 0.0161. The van der Waals surface area contributed by atoms with Gasteiger partial charge in [0.25, 0.3) is 0 Å². The number of rotatable bonds is 6. The maximum Gasteiger partial charge on any atom is 0.164 e. The Morgan fingerprint density at radius 3 is 1.57 bits per heavy atom. The Morgan fingerprint density at radius 1 is 0.348 bits per heavy atom. The third-order valence-electron chi connectivity index (χ3n) is 13.6. The molecule has 6 nitrogen and oxygen atoms in total. The zero-order valence-electron chi connectivity index (χ0n) is 36.9. The van der Waals surface area contributed by atoms with Crippen LogP contribution in [0.4, 0.5) is 0 Å². The highest BCUT2D eigenvalue weighted by Gasteiger charge is 2.52. The van der Waals surface area contributed by atoms with Gasteiger partial charge in [0.2, 0.25) is 0 Å². The van der Waals surface area contributed by atoms with E-state index in [9.17, 15) is 0 Å². The largest absolute Gasteiger partial charge is 0.457 e. The van der Waals surface area contributed by atoms with Gasteiger partial charge in [-0.25, -0.2) is 24.9 Å². The molecule has 14 rings (SSSR count). The molecule has 0 saturated carbocycles. The highest BCUT2D eigenvalue weighted by atomic mass is 32.1. The molecule has 1 aliphatic carbocycles. The van der Waals surface area contributed by atoms with Crippen LogP contribution in [0.25, 0.3) is 99.4 Å². The number of aromatic nitrogens is 5.